The molecule has 10 heavy (non-hydrogen) atoms. The van der Waals surface area contributed by atoms with Crippen LogP contribution >= 0.6 is 12.2 Å². The van der Waals surface area contributed by atoms with Crippen molar-refractivity contribution in [3.63, 3.8) is 0 Å². The molecule has 0 aromatic carbocycles. The van der Waals surface area contributed by atoms with Crippen LogP contribution in [0.2, 0.25) is 0 Å². The van der Waals surface area contributed by atoms with Crippen molar-refractivity contribution in [2.24, 2.45) is 0 Å². The maximum absolute atomic E-state index is 10.4. The molecule has 1 amide bonds. The van der Waals surface area contributed by atoms with Crippen LogP contribution in [0.3, 0.4) is 0 Å². The van der Waals surface area contributed by atoms with Gasteiger partial charge in [-0.2, -0.15) is 0 Å². The van der Waals surface area contributed by atoms with Crippen LogP contribution in [0.15, 0.2) is 0 Å². The van der Waals surface area contributed by atoms with Gasteiger partial charge in [-0.15, -0.1) is 0 Å². The van der Waals surface area contributed by atoms with E-state index in [0.717, 1.165) is 12.8 Å². The number of ether oxygens (including phenoxy) is 1. The lowest BCUT2D eigenvalue weighted by molar-refractivity contribution is 0.148. The molecule has 58 valence electrons. The quantitative estimate of drug-likeness (QED) is 0.496. The van der Waals surface area contributed by atoms with Gasteiger partial charge in [0, 0.05) is 7.05 Å². The first-order chi connectivity index (χ1) is 4.81. The number of carbonyl (C=O) groups is 1. The van der Waals surface area contributed by atoms with Gasteiger partial charge in [-0.05, 0) is 18.2 Å². The van der Waals surface area contributed by atoms with Crippen LogP contribution in [-0.4, -0.2) is 25.1 Å². The Balaban J connectivity index is 3.03. The largest absolute Gasteiger partial charge is 0.450 e. The lowest BCUT2D eigenvalue weighted by atomic mass is 10.4. The number of unbranched alkanes of at least 4 members (excludes halogenated alkanes) is 1. The van der Waals surface area contributed by atoms with E-state index in [1.54, 1.807) is 5.37 Å². The molecule has 0 spiro atoms. The Labute approximate surface area is 65.7 Å². The Morgan fingerprint density at radius 1 is 1.80 bits per heavy atom. The Kier molecular flexibility index (Phi) is 6.06. The summed E-state index contributed by atoms with van der Waals surface area (Å²) in [4.78, 5) is 10.4. The topological polar surface area (TPSA) is 38.3 Å². The van der Waals surface area contributed by atoms with Crippen LogP contribution in [0.1, 0.15) is 12.8 Å². The van der Waals surface area contributed by atoms with Crippen molar-refractivity contribution in [1.29, 1.82) is 0 Å². The van der Waals surface area contributed by atoms with Gasteiger partial charge in [0.1, 0.15) is 0 Å². The first kappa shape index (κ1) is 9.36. The molecule has 0 aliphatic heterocycles. The van der Waals surface area contributed by atoms with Gasteiger partial charge in [-0.1, -0.05) is 12.2 Å². The average molecular weight is 161 g/mol. The number of thiocarbonyl (C=S) groups is 1. The van der Waals surface area contributed by atoms with Crippen LogP contribution in [0.4, 0.5) is 4.79 Å². The average Bonchev–Trinajstić information content (AvgIpc) is 1.98. The number of carbonyl (C=O) groups excluding carboxylic acids is 1. The van der Waals surface area contributed by atoms with Gasteiger partial charge in [-0.25, -0.2) is 4.79 Å². The van der Waals surface area contributed by atoms with Crippen molar-refractivity contribution >= 4 is 23.7 Å². The highest BCUT2D eigenvalue weighted by molar-refractivity contribution is 7.78. The number of amides is 1. The van der Waals surface area contributed by atoms with E-state index >= 15 is 0 Å². The van der Waals surface area contributed by atoms with Crippen molar-refractivity contribution in [3.05, 3.63) is 0 Å². The molecule has 0 unspecified atom stereocenters. The van der Waals surface area contributed by atoms with Crippen molar-refractivity contribution in [2.75, 3.05) is 13.7 Å². The minimum Gasteiger partial charge on any atom is -0.450 e. The van der Waals surface area contributed by atoms with Crippen molar-refractivity contribution < 1.29 is 9.53 Å². The zero-order chi connectivity index (χ0) is 7.82. The standard InChI is InChI=1S/C6H11NO2S/c1-7-6(8)9-4-2-3-5-10/h5H,2-4H2,1H3,(H,7,8). The predicted molar refractivity (Wildman–Crippen MR) is 43.3 cm³/mol. The minimum absolute atomic E-state index is 0.385. The van der Waals surface area contributed by atoms with Gasteiger partial charge in [0.05, 0.1) is 6.61 Å². The van der Waals surface area contributed by atoms with E-state index in [2.05, 4.69) is 22.3 Å². The summed E-state index contributed by atoms with van der Waals surface area (Å²) in [6.45, 7) is 0.437. The molecule has 0 rings (SSSR count). The molecule has 0 aliphatic carbocycles. The summed E-state index contributed by atoms with van der Waals surface area (Å²) in [6, 6.07) is 0. The molecule has 3 nitrogen and oxygen atoms in total. The Bertz CT molecular complexity index is 116. The van der Waals surface area contributed by atoms with E-state index in [9.17, 15) is 4.79 Å². The van der Waals surface area contributed by atoms with Crippen LogP contribution in [0.25, 0.3) is 0 Å². The Morgan fingerprint density at radius 3 is 3.00 bits per heavy atom. The zero-order valence-electron chi connectivity index (χ0n) is 5.92. The summed E-state index contributed by atoms with van der Waals surface area (Å²) in [5.41, 5.74) is 0. The van der Waals surface area contributed by atoms with E-state index in [4.69, 9.17) is 0 Å². The van der Waals surface area contributed by atoms with E-state index in [-0.39, 0.29) is 6.09 Å². The molecule has 0 saturated carbocycles. The fourth-order valence-electron chi connectivity index (χ4n) is 0.404. The highest BCUT2D eigenvalue weighted by Crippen LogP contribution is 1.86. The summed E-state index contributed by atoms with van der Waals surface area (Å²) >= 11 is 4.58. The maximum atomic E-state index is 10.4. The fraction of sp³-hybridized carbons (Fsp3) is 0.667. The summed E-state index contributed by atoms with van der Waals surface area (Å²) in [7, 11) is 1.53. The van der Waals surface area contributed by atoms with Gasteiger partial charge in [0.15, 0.2) is 0 Å². The molecule has 0 radical (unpaired) electrons. The van der Waals surface area contributed by atoms with E-state index < -0.39 is 0 Å². The summed E-state index contributed by atoms with van der Waals surface area (Å²) in [6.07, 6.45) is 1.23. The molecule has 0 aromatic rings. The maximum Gasteiger partial charge on any atom is 0.406 e. The van der Waals surface area contributed by atoms with Gasteiger partial charge in [-0.3, -0.25) is 0 Å². The monoisotopic (exact) mass is 161 g/mol. The van der Waals surface area contributed by atoms with Crippen molar-refractivity contribution in [3.8, 4) is 0 Å². The minimum atomic E-state index is -0.385. The zero-order valence-corrected chi connectivity index (χ0v) is 6.74. The van der Waals surface area contributed by atoms with Gasteiger partial charge in [0.25, 0.3) is 0 Å². The first-order valence-corrected chi connectivity index (χ1v) is 3.56. The van der Waals surface area contributed by atoms with E-state index in [1.165, 1.54) is 7.05 Å². The predicted octanol–water partition coefficient (Wildman–Crippen LogP) is 1.12. The van der Waals surface area contributed by atoms with Crippen LogP contribution < -0.4 is 5.32 Å². The second kappa shape index (κ2) is 6.48. The van der Waals surface area contributed by atoms with Crippen LogP contribution in [0, 0.1) is 0 Å². The third kappa shape index (κ3) is 5.50. The molecular formula is C6H11NO2S. The molecule has 0 fully saturated rings. The van der Waals surface area contributed by atoms with E-state index in [1.807, 2.05) is 0 Å². The summed E-state index contributed by atoms with van der Waals surface area (Å²) < 4.78 is 4.68. The first-order valence-electron chi connectivity index (χ1n) is 3.09. The Morgan fingerprint density at radius 2 is 2.50 bits per heavy atom. The van der Waals surface area contributed by atoms with Crippen molar-refractivity contribution in [1.82, 2.24) is 5.32 Å². The normalized spacial score (nSPS) is 8.50. The number of rotatable bonds is 4. The Hall–Kier alpha value is -0.640. The van der Waals surface area contributed by atoms with Gasteiger partial charge < -0.3 is 10.1 Å². The highest BCUT2D eigenvalue weighted by Gasteiger charge is 1.94. The van der Waals surface area contributed by atoms with Crippen molar-refractivity contribution in [2.45, 2.75) is 12.8 Å². The van der Waals surface area contributed by atoms with Crippen LogP contribution in [0.5, 0.6) is 0 Å². The molecule has 1 N–H and O–H groups in total. The smallest absolute Gasteiger partial charge is 0.406 e. The lowest BCUT2D eigenvalue weighted by Gasteiger charge is -2.00. The highest BCUT2D eigenvalue weighted by atomic mass is 32.1. The second-order valence-electron chi connectivity index (χ2n) is 1.69. The molecular weight excluding hydrogens is 150 g/mol. The molecule has 0 aromatic heterocycles. The number of hydrogen-bond acceptors (Lipinski definition) is 3. The summed E-state index contributed by atoms with van der Waals surface area (Å²) in [5.74, 6) is 0. The van der Waals surface area contributed by atoms with E-state index in [0.29, 0.717) is 6.61 Å². The van der Waals surface area contributed by atoms with Crippen LogP contribution in [-0.2, 0) is 4.74 Å². The fourth-order valence-corrected chi connectivity index (χ4v) is 0.570. The van der Waals surface area contributed by atoms with Gasteiger partial charge in [0.2, 0.25) is 0 Å². The lowest BCUT2D eigenvalue weighted by Crippen LogP contribution is -2.19. The SMILES string of the molecule is CNC(=O)OCCCC=S. The molecule has 0 heterocycles. The third-order valence-corrected chi connectivity index (χ3v) is 1.14. The third-order valence-electron chi connectivity index (χ3n) is 0.904. The number of hydrogen-bond donors (Lipinski definition) is 1. The summed E-state index contributed by atoms with van der Waals surface area (Å²) in [5, 5.41) is 3.98. The molecule has 4 heteroatoms. The molecule has 0 aliphatic rings. The number of alkyl carbamates (subject to hydrolysis) is 1. The molecule has 0 bridgehead atoms. The molecule has 0 atom stereocenters. The molecule has 0 saturated heterocycles. The number of nitrogens with one attached hydrogen (secondary N) is 1. The second-order valence-corrected chi connectivity index (χ2v) is 2.03. The van der Waals surface area contributed by atoms with Gasteiger partial charge >= 0.3 is 6.09 Å².